The fraction of sp³-hybridized carbons (Fsp3) is 0.520. The molecule has 1 aromatic carbocycles. The molecule has 2 heterocycles. The molecular formula is C25H30F5N7O. The molecule has 1 aliphatic carbocycles. The summed E-state index contributed by atoms with van der Waals surface area (Å²) in [6.07, 6.45) is 4.99. The van der Waals surface area contributed by atoms with E-state index >= 15 is 0 Å². The molecule has 0 bridgehead atoms. The molecular weight excluding hydrogens is 509 g/mol. The average molecular weight is 540 g/mol. The number of primary amides is 1. The van der Waals surface area contributed by atoms with E-state index in [2.05, 4.69) is 25.6 Å². The number of nitrogens with two attached hydrogens (primary N) is 1. The number of hydrogen-bond acceptors (Lipinski definition) is 6. The molecule has 4 rings (SSSR count). The predicted octanol–water partition coefficient (Wildman–Crippen LogP) is 5.48. The number of halogens is 5. The number of carbonyl (C=O) groups is 1. The highest BCUT2D eigenvalue weighted by molar-refractivity contribution is 5.78. The summed E-state index contributed by atoms with van der Waals surface area (Å²) in [5.41, 5.74) is 5.44. The monoisotopic (exact) mass is 539 g/mol. The highest BCUT2D eigenvalue weighted by atomic mass is 19.2. The zero-order valence-electron chi connectivity index (χ0n) is 20.7. The molecule has 1 aliphatic rings. The van der Waals surface area contributed by atoms with Crippen molar-refractivity contribution >= 4 is 34.7 Å². The van der Waals surface area contributed by atoms with Gasteiger partial charge in [-0.3, -0.25) is 18.1 Å². The van der Waals surface area contributed by atoms with Crippen LogP contribution in [0.25, 0.3) is 11.2 Å². The second-order valence-electron chi connectivity index (χ2n) is 9.46. The Bertz CT molecular complexity index is 1250. The fourth-order valence-corrected chi connectivity index (χ4v) is 4.88. The van der Waals surface area contributed by atoms with E-state index in [0.717, 1.165) is 6.07 Å². The average Bonchev–Trinajstić information content (AvgIpc) is 3.27. The van der Waals surface area contributed by atoms with E-state index in [9.17, 15) is 26.7 Å². The molecule has 1 saturated carbocycles. The molecule has 0 aliphatic heterocycles. The summed E-state index contributed by atoms with van der Waals surface area (Å²) in [5, 5.41) is 5.72. The van der Waals surface area contributed by atoms with Crippen molar-refractivity contribution in [1.29, 1.82) is 0 Å². The van der Waals surface area contributed by atoms with E-state index in [-0.39, 0.29) is 35.8 Å². The summed E-state index contributed by atoms with van der Waals surface area (Å²) < 4.78 is 70.0. The molecule has 4 N–H and O–H groups in total. The van der Waals surface area contributed by atoms with Crippen LogP contribution in [0, 0.1) is 23.4 Å². The molecule has 2 aromatic heterocycles. The number of fused-ring (bicyclic) bond motifs is 1. The summed E-state index contributed by atoms with van der Waals surface area (Å²) in [6.45, 7) is -1.01. The molecule has 1 fully saturated rings. The molecule has 0 radical (unpaired) electrons. The molecule has 38 heavy (non-hydrogen) atoms. The van der Waals surface area contributed by atoms with Crippen LogP contribution in [-0.4, -0.2) is 44.8 Å². The zero-order chi connectivity index (χ0) is 27.2. The number of aromatic nitrogens is 4. The third-order valence-electron chi connectivity index (χ3n) is 6.88. The summed E-state index contributed by atoms with van der Waals surface area (Å²) in [4.78, 5) is 24.9. The van der Waals surface area contributed by atoms with Crippen molar-refractivity contribution in [3.05, 3.63) is 35.8 Å². The Morgan fingerprint density at radius 3 is 2.32 bits per heavy atom. The number of imidazole rings is 1. The molecule has 0 saturated heterocycles. The van der Waals surface area contributed by atoms with Crippen LogP contribution in [0.5, 0.6) is 0 Å². The number of rotatable bonds is 12. The molecule has 0 spiro atoms. The third kappa shape index (κ3) is 6.13. The van der Waals surface area contributed by atoms with E-state index in [4.69, 9.17) is 5.73 Å². The van der Waals surface area contributed by atoms with Crippen LogP contribution < -0.4 is 16.4 Å². The van der Waals surface area contributed by atoms with Gasteiger partial charge in [-0.25, -0.2) is 23.1 Å². The summed E-state index contributed by atoms with van der Waals surface area (Å²) in [5.74, 6) is -4.05. The lowest BCUT2D eigenvalue weighted by Gasteiger charge is -2.29. The molecule has 0 atom stereocenters. The molecule has 1 amide bonds. The number of hydrogen-bond donors (Lipinski definition) is 3. The Kier molecular flexibility index (Phi) is 8.95. The fourth-order valence-electron chi connectivity index (χ4n) is 4.88. The van der Waals surface area contributed by atoms with Gasteiger partial charge < -0.3 is 16.4 Å². The first-order valence-corrected chi connectivity index (χ1v) is 12.7. The van der Waals surface area contributed by atoms with Gasteiger partial charge in [0.25, 0.3) is 0 Å². The van der Waals surface area contributed by atoms with Crippen molar-refractivity contribution < 1.29 is 26.7 Å². The topological polar surface area (TPSA) is 111 Å². The number of nitrogens with zero attached hydrogens (tertiary/aromatic N) is 4. The molecule has 8 nitrogen and oxygen atoms in total. The van der Waals surface area contributed by atoms with E-state index in [1.165, 1.54) is 6.20 Å². The minimum absolute atomic E-state index is 0.0313. The van der Waals surface area contributed by atoms with Gasteiger partial charge >= 0.3 is 0 Å². The quantitative estimate of drug-likeness (QED) is 0.208. The van der Waals surface area contributed by atoms with Crippen LogP contribution in [0.2, 0.25) is 0 Å². The summed E-state index contributed by atoms with van der Waals surface area (Å²) in [7, 11) is 0. The first-order chi connectivity index (χ1) is 18.3. The summed E-state index contributed by atoms with van der Waals surface area (Å²) >= 11 is 0. The van der Waals surface area contributed by atoms with Crippen LogP contribution in [0.1, 0.15) is 57.4 Å². The lowest BCUT2D eigenvalue weighted by atomic mass is 9.85. The standard InChI is InChI=1S/C25H30F5N7O/c26-11-1-3-15(4-2-12-27)33-24-32-13-19-23(36-24)37(16-7-5-14(6-8-16)22(31)38)25(34-19)35-21-18(29)10-9-17(28)20(21)30/h9-10,13-16H,1-8,11-12H2,(H2,31,38)(H,34,35)(H,32,33,36)/t14-,16+. The Morgan fingerprint density at radius 2 is 1.68 bits per heavy atom. The largest absolute Gasteiger partial charge is 0.369 e. The van der Waals surface area contributed by atoms with Gasteiger partial charge in [0.2, 0.25) is 17.8 Å². The second-order valence-corrected chi connectivity index (χ2v) is 9.46. The van der Waals surface area contributed by atoms with Crippen LogP contribution in [-0.2, 0) is 4.79 Å². The number of carbonyl (C=O) groups excluding carboxylic acids is 1. The van der Waals surface area contributed by atoms with Crippen molar-refractivity contribution in [1.82, 2.24) is 19.5 Å². The number of benzene rings is 1. The second kappa shape index (κ2) is 12.4. The minimum Gasteiger partial charge on any atom is -0.369 e. The number of anilines is 3. The highest BCUT2D eigenvalue weighted by Crippen LogP contribution is 2.37. The maximum absolute atomic E-state index is 14.5. The Labute approximate surface area is 216 Å². The first-order valence-electron chi connectivity index (χ1n) is 12.7. The SMILES string of the molecule is NC(=O)[C@H]1CC[C@@H](n2c(Nc3c(F)ccc(F)c3F)nc3cnc(NC(CCCF)CCCF)nc32)CC1. The van der Waals surface area contributed by atoms with E-state index < -0.39 is 36.5 Å². The Balaban J connectivity index is 1.72. The first kappa shape index (κ1) is 27.5. The molecule has 206 valence electrons. The van der Waals surface area contributed by atoms with Gasteiger partial charge in [-0.15, -0.1) is 0 Å². The van der Waals surface area contributed by atoms with Gasteiger partial charge in [-0.05, 0) is 63.5 Å². The van der Waals surface area contributed by atoms with Gasteiger partial charge in [0.1, 0.15) is 17.0 Å². The lowest BCUT2D eigenvalue weighted by Crippen LogP contribution is -2.29. The van der Waals surface area contributed by atoms with Gasteiger partial charge in [0.05, 0.1) is 19.5 Å². The minimum atomic E-state index is -1.39. The van der Waals surface area contributed by atoms with Crippen molar-refractivity contribution in [3.63, 3.8) is 0 Å². The van der Waals surface area contributed by atoms with E-state index in [1.54, 1.807) is 4.57 Å². The van der Waals surface area contributed by atoms with Gasteiger partial charge in [0.15, 0.2) is 17.3 Å². The normalized spacial score (nSPS) is 17.7. The Hall–Kier alpha value is -3.51. The van der Waals surface area contributed by atoms with Crippen molar-refractivity contribution in [2.45, 2.75) is 63.5 Å². The van der Waals surface area contributed by atoms with E-state index in [1.807, 2.05) is 0 Å². The van der Waals surface area contributed by atoms with Crippen LogP contribution in [0.15, 0.2) is 18.3 Å². The van der Waals surface area contributed by atoms with Gasteiger partial charge in [-0.1, -0.05) is 0 Å². The molecule has 13 heteroatoms. The van der Waals surface area contributed by atoms with Crippen molar-refractivity contribution in [2.24, 2.45) is 11.7 Å². The highest BCUT2D eigenvalue weighted by Gasteiger charge is 2.30. The predicted molar refractivity (Wildman–Crippen MR) is 133 cm³/mol. The maximum Gasteiger partial charge on any atom is 0.224 e. The maximum atomic E-state index is 14.5. The van der Waals surface area contributed by atoms with Crippen molar-refractivity contribution in [2.75, 3.05) is 24.0 Å². The lowest BCUT2D eigenvalue weighted by molar-refractivity contribution is -0.122. The zero-order valence-corrected chi connectivity index (χ0v) is 20.7. The Morgan fingerprint density at radius 1 is 1.03 bits per heavy atom. The third-order valence-corrected chi connectivity index (χ3v) is 6.88. The van der Waals surface area contributed by atoms with Crippen LogP contribution >= 0.6 is 0 Å². The van der Waals surface area contributed by atoms with Crippen LogP contribution in [0.4, 0.5) is 39.5 Å². The van der Waals surface area contributed by atoms with Gasteiger partial charge in [-0.2, -0.15) is 4.98 Å². The van der Waals surface area contributed by atoms with E-state index in [0.29, 0.717) is 68.6 Å². The van der Waals surface area contributed by atoms with Gasteiger partial charge in [0, 0.05) is 18.0 Å². The number of amides is 1. The number of alkyl halides is 2. The smallest absolute Gasteiger partial charge is 0.224 e. The molecule has 3 aromatic rings. The number of nitrogens with one attached hydrogen (secondary N) is 2. The van der Waals surface area contributed by atoms with Crippen molar-refractivity contribution in [3.8, 4) is 0 Å². The van der Waals surface area contributed by atoms with Crippen LogP contribution in [0.3, 0.4) is 0 Å². The summed E-state index contributed by atoms with van der Waals surface area (Å²) in [6, 6.07) is 0.988. The molecule has 0 unspecified atom stereocenters.